The molecule has 0 aliphatic carbocycles. The van der Waals surface area contributed by atoms with Crippen LogP contribution in [0.3, 0.4) is 0 Å². The van der Waals surface area contributed by atoms with Crippen molar-refractivity contribution >= 4 is 62.9 Å². The minimum atomic E-state index is 0.436. The Morgan fingerprint density at radius 1 is 1.00 bits per heavy atom. The van der Waals surface area contributed by atoms with Gasteiger partial charge in [-0.15, -0.1) is 0 Å². The van der Waals surface area contributed by atoms with E-state index in [1.807, 2.05) is 36.4 Å². The third-order valence-electron chi connectivity index (χ3n) is 4.88. The Kier molecular flexibility index (Phi) is 8.11. The molecule has 8 heteroatoms. The number of halogens is 2. The number of H-pyrrole nitrogens is 1. The van der Waals surface area contributed by atoms with Crippen LogP contribution in [-0.2, 0) is 6.42 Å². The molecule has 4 aromatic rings. The summed E-state index contributed by atoms with van der Waals surface area (Å²) in [4.78, 5) is 12.2. The summed E-state index contributed by atoms with van der Waals surface area (Å²) in [6.07, 6.45) is 2.50. The third kappa shape index (κ3) is 5.40. The van der Waals surface area contributed by atoms with Crippen LogP contribution < -0.4 is 16.8 Å². The van der Waals surface area contributed by atoms with E-state index in [0.717, 1.165) is 51.6 Å². The van der Waals surface area contributed by atoms with Crippen molar-refractivity contribution in [2.24, 2.45) is 21.5 Å². The van der Waals surface area contributed by atoms with E-state index in [9.17, 15) is 0 Å². The maximum absolute atomic E-state index is 6.27. The van der Waals surface area contributed by atoms with Gasteiger partial charge in [-0.1, -0.05) is 23.2 Å². The lowest BCUT2D eigenvalue weighted by atomic mass is 10.0. The predicted molar refractivity (Wildman–Crippen MR) is 139 cm³/mol. The molecule has 166 valence electrons. The smallest absolute Gasteiger partial charge is 0.131 e. The third-order valence-corrected chi connectivity index (χ3v) is 5.37. The SMILES string of the molecule is CN.CN=CNCCc1cc(N=C(N)c2ccc(Cl)cc2)cc2c1[nH]c1ccc(Cl)cc12. The zero-order valence-electron chi connectivity index (χ0n) is 18.0. The summed E-state index contributed by atoms with van der Waals surface area (Å²) in [5.41, 5.74) is 15.6. The van der Waals surface area contributed by atoms with Crippen molar-refractivity contribution < 1.29 is 0 Å². The van der Waals surface area contributed by atoms with Gasteiger partial charge in [0.15, 0.2) is 0 Å². The van der Waals surface area contributed by atoms with E-state index in [2.05, 4.69) is 32.1 Å². The lowest BCUT2D eigenvalue weighted by Gasteiger charge is -2.07. The highest BCUT2D eigenvalue weighted by molar-refractivity contribution is 6.32. The van der Waals surface area contributed by atoms with Crippen molar-refractivity contribution in [1.29, 1.82) is 0 Å². The molecule has 0 saturated carbocycles. The van der Waals surface area contributed by atoms with E-state index in [4.69, 9.17) is 28.9 Å². The second-order valence-electron chi connectivity index (χ2n) is 6.94. The van der Waals surface area contributed by atoms with Crippen molar-refractivity contribution in [1.82, 2.24) is 10.3 Å². The number of amidine groups is 1. The first kappa shape index (κ1) is 23.6. The first-order chi connectivity index (χ1) is 15.5. The Balaban J connectivity index is 0.00000141. The molecule has 0 unspecified atom stereocenters. The number of aromatic amines is 1. The summed E-state index contributed by atoms with van der Waals surface area (Å²) >= 11 is 12.2. The highest BCUT2D eigenvalue weighted by atomic mass is 35.5. The molecule has 0 saturated heterocycles. The van der Waals surface area contributed by atoms with Gasteiger partial charge in [-0.2, -0.15) is 0 Å². The fourth-order valence-electron chi connectivity index (χ4n) is 3.48. The van der Waals surface area contributed by atoms with Crippen molar-refractivity contribution in [3.05, 3.63) is 75.8 Å². The zero-order chi connectivity index (χ0) is 23.1. The largest absolute Gasteiger partial charge is 0.383 e. The summed E-state index contributed by atoms with van der Waals surface area (Å²) in [7, 11) is 3.24. The second-order valence-corrected chi connectivity index (χ2v) is 7.81. The molecule has 1 heterocycles. The molecule has 0 aliphatic rings. The van der Waals surface area contributed by atoms with Crippen LogP contribution in [0.2, 0.25) is 10.0 Å². The Morgan fingerprint density at radius 3 is 2.44 bits per heavy atom. The minimum absolute atomic E-state index is 0.436. The summed E-state index contributed by atoms with van der Waals surface area (Å²) in [6, 6.07) is 17.3. The van der Waals surface area contributed by atoms with Gasteiger partial charge >= 0.3 is 0 Å². The molecular formula is C24H26Cl2N6. The zero-order valence-corrected chi connectivity index (χ0v) is 19.5. The van der Waals surface area contributed by atoms with E-state index >= 15 is 0 Å². The lowest BCUT2D eigenvalue weighted by Crippen LogP contribution is -2.15. The highest BCUT2D eigenvalue weighted by Gasteiger charge is 2.11. The maximum Gasteiger partial charge on any atom is 0.131 e. The number of nitrogens with zero attached hydrogens (tertiary/aromatic N) is 2. The number of nitrogens with one attached hydrogen (secondary N) is 2. The summed E-state index contributed by atoms with van der Waals surface area (Å²) in [5, 5.41) is 6.66. The van der Waals surface area contributed by atoms with Crippen molar-refractivity contribution in [2.75, 3.05) is 20.6 Å². The van der Waals surface area contributed by atoms with E-state index in [-0.39, 0.29) is 0 Å². The van der Waals surface area contributed by atoms with E-state index in [0.29, 0.717) is 15.9 Å². The van der Waals surface area contributed by atoms with Gasteiger partial charge in [0.1, 0.15) is 5.84 Å². The number of hydrogen-bond acceptors (Lipinski definition) is 3. The number of aliphatic imine (C=N–C) groups is 2. The average molecular weight is 469 g/mol. The Bertz CT molecular complexity index is 1260. The van der Waals surface area contributed by atoms with Crippen LogP contribution in [0.4, 0.5) is 5.69 Å². The number of benzene rings is 3. The van der Waals surface area contributed by atoms with Gasteiger partial charge in [-0.25, -0.2) is 4.99 Å². The second kappa shape index (κ2) is 11.0. The molecule has 6 N–H and O–H groups in total. The number of rotatable bonds is 6. The van der Waals surface area contributed by atoms with Crippen LogP contribution >= 0.6 is 23.2 Å². The number of nitrogens with two attached hydrogens (primary N) is 2. The molecule has 0 spiro atoms. The van der Waals surface area contributed by atoms with E-state index < -0.39 is 0 Å². The van der Waals surface area contributed by atoms with Crippen LogP contribution in [0.25, 0.3) is 21.8 Å². The van der Waals surface area contributed by atoms with Crippen molar-refractivity contribution in [3.63, 3.8) is 0 Å². The van der Waals surface area contributed by atoms with Gasteiger partial charge in [0.2, 0.25) is 0 Å². The number of fused-ring (bicyclic) bond motifs is 3. The topological polar surface area (TPSA) is 105 Å². The summed E-state index contributed by atoms with van der Waals surface area (Å²) in [5.74, 6) is 0.436. The van der Waals surface area contributed by atoms with Crippen LogP contribution in [-0.4, -0.2) is 37.8 Å². The molecule has 32 heavy (non-hydrogen) atoms. The quantitative estimate of drug-likeness (QED) is 0.181. The van der Waals surface area contributed by atoms with Crippen molar-refractivity contribution in [3.8, 4) is 0 Å². The summed E-state index contributed by atoms with van der Waals surface area (Å²) in [6.45, 7) is 0.752. The molecule has 0 radical (unpaired) electrons. The maximum atomic E-state index is 6.27. The van der Waals surface area contributed by atoms with Crippen LogP contribution in [0.5, 0.6) is 0 Å². The molecule has 0 fully saturated rings. The Morgan fingerprint density at radius 2 is 1.72 bits per heavy atom. The Hall–Kier alpha value is -3.06. The van der Waals surface area contributed by atoms with Crippen LogP contribution in [0.1, 0.15) is 11.1 Å². The highest BCUT2D eigenvalue weighted by Crippen LogP contribution is 2.33. The van der Waals surface area contributed by atoms with E-state index in [1.54, 1.807) is 25.5 Å². The first-order valence-electron chi connectivity index (χ1n) is 10.1. The van der Waals surface area contributed by atoms with Crippen LogP contribution in [0, 0.1) is 0 Å². The van der Waals surface area contributed by atoms with Gasteiger partial charge < -0.3 is 21.8 Å². The number of aromatic nitrogens is 1. The number of hydrogen-bond donors (Lipinski definition) is 4. The lowest BCUT2D eigenvalue weighted by molar-refractivity contribution is 0.881. The molecule has 4 rings (SSSR count). The van der Waals surface area contributed by atoms with E-state index in [1.165, 1.54) is 7.05 Å². The molecule has 1 aromatic heterocycles. The van der Waals surface area contributed by atoms with Crippen molar-refractivity contribution in [2.45, 2.75) is 6.42 Å². The Labute approximate surface area is 197 Å². The van der Waals surface area contributed by atoms with Gasteiger partial charge in [-0.05, 0) is 73.6 Å². The molecular weight excluding hydrogens is 443 g/mol. The molecule has 0 amide bonds. The molecule has 6 nitrogen and oxygen atoms in total. The predicted octanol–water partition coefficient (Wildman–Crippen LogP) is 5.03. The fraction of sp³-hybridized carbons (Fsp3) is 0.167. The monoisotopic (exact) mass is 468 g/mol. The fourth-order valence-corrected chi connectivity index (χ4v) is 3.78. The normalized spacial score (nSPS) is 11.7. The van der Waals surface area contributed by atoms with Gasteiger partial charge in [0.05, 0.1) is 12.0 Å². The summed E-state index contributed by atoms with van der Waals surface area (Å²) < 4.78 is 0. The standard InChI is InChI=1S/C23H21Cl2N5.CH5N/c1-27-13-28-9-8-15-10-18(29-23(26)14-2-4-16(24)5-3-14)12-20-19-11-17(25)6-7-21(19)30-22(15)20;1-2/h2-7,10-13,30H,8-9H2,1H3,(H2,26,29)(H,27,28);2H2,1H3. The van der Waals surface area contributed by atoms with Gasteiger partial charge in [0.25, 0.3) is 0 Å². The van der Waals surface area contributed by atoms with Crippen LogP contribution in [0.15, 0.2) is 64.6 Å². The van der Waals surface area contributed by atoms with Gasteiger partial charge in [-0.3, -0.25) is 4.99 Å². The first-order valence-corrected chi connectivity index (χ1v) is 10.9. The minimum Gasteiger partial charge on any atom is -0.383 e. The average Bonchev–Trinajstić information content (AvgIpc) is 3.16. The molecule has 0 bridgehead atoms. The molecule has 0 atom stereocenters. The molecule has 0 aliphatic heterocycles. The van der Waals surface area contributed by atoms with Gasteiger partial charge in [0, 0.05) is 51.0 Å². The molecule has 3 aromatic carbocycles.